The maximum atomic E-state index is 11.8. The molecule has 1 saturated carbocycles. The lowest BCUT2D eigenvalue weighted by Gasteiger charge is -2.08. The van der Waals surface area contributed by atoms with Crippen LogP contribution in [0.2, 0.25) is 5.02 Å². The molecule has 1 N–H and O–H groups in total. The van der Waals surface area contributed by atoms with E-state index in [1.807, 2.05) is 0 Å². The highest BCUT2D eigenvalue weighted by Crippen LogP contribution is 2.31. The Morgan fingerprint density at radius 1 is 1.35 bits per heavy atom. The summed E-state index contributed by atoms with van der Waals surface area (Å²) in [5, 5.41) is 2.84. The van der Waals surface area contributed by atoms with Gasteiger partial charge in [-0.1, -0.05) is 11.6 Å². The largest absolute Gasteiger partial charge is 0.465 e. The van der Waals surface area contributed by atoms with Gasteiger partial charge in [0.15, 0.2) is 0 Å². The molecule has 0 atom stereocenters. The van der Waals surface area contributed by atoms with Gasteiger partial charge >= 0.3 is 5.97 Å². The van der Waals surface area contributed by atoms with Gasteiger partial charge in [-0.15, -0.1) is 0 Å². The zero-order valence-corrected chi connectivity index (χ0v) is 11.7. The number of carbonyl (C=O) groups is 3. The maximum absolute atomic E-state index is 11.8. The lowest BCUT2D eigenvalue weighted by Crippen LogP contribution is -2.18. The summed E-state index contributed by atoms with van der Waals surface area (Å²) in [6.07, 6.45) is 1.57. The van der Waals surface area contributed by atoms with E-state index in [0.29, 0.717) is 10.7 Å². The zero-order chi connectivity index (χ0) is 14.7. The monoisotopic (exact) mass is 295 g/mol. The number of anilines is 1. The van der Waals surface area contributed by atoms with Crippen molar-refractivity contribution < 1.29 is 19.1 Å². The fraction of sp³-hybridized carbons (Fsp3) is 0.357. The SMILES string of the molecule is COC(=O)c1ccc(Cl)c(NC(=O)CC(=O)C2CC2)c1. The number of methoxy groups -OCH3 is 1. The molecule has 6 heteroatoms. The van der Waals surface area contributed by atoms with Gasteiger partial charge in [-0.25, -0.2) is 4.79 Å². The minimum absolute atomic E-state index is 0.0395. The fourth-order valence-corrected chi connectivity index (χ4v) is 1.93. The summed E-state index contributed by atoms with van der Waals surface area (Å²) in [7, 11) is 1.27. The van der Waals surface area contributed by atoms with E-state index in [4.69, 9.17) is 11.6 Å². The molecule has 0 unspecified atom stereocenters. The molecule has 1 aromatic carbocycles. The predicted octanol–water partition coefficient (Wildman–Crippen LogP) is 2.43. The van der Waals surface area contributed by atoms with Crippen LogP contribution >= 0.6 is 11.6 Å². The first-order valence-electron chi connectivity index (χ1n) is 6.21. The van der Waals surface area contributed by atoms with Gasteiger partial charge in [-0.3, -0.25) is 9.59 Å². The molecule has 0 aliphatic heterocycles. The molecule has 1 aliphatic carbocycles. The molecule has 0 bridgehead atoms. The van der Waals surface area contributed by atoms with E-state index in [1.54, 1.807) is 0 Å². The number of nitrogens with one attached hydrogen (secondary N) is 1. The number of amides is 1. The Labute approximate surface area is 121 Å². The number of hydrogen-bond acceptors (Lipinski definition) is 4. The second kappa shape index (κ2) is 6.05. The van der Waals surface area contributed by atoms with Crippen molar-refractivity contribution in [3.63, 3.8) is 0 Å². The Balaban J connectivity index is 2.05. The second-order valence-electron chi connectivity index (χ2n) is 4.65. The van der Waals surface area contributed by atoms with E-state index in [1.165, 1.54) is 25.3 Å². The lowest BCUT2D eigenvalue weighted by molar-refractivity contribution is -0.126. The van der Waals surface area contributed by atoms with Crippen molar-refractivity contribution in [2.24, 2.45) is 5.92 Å². The molecular formula is C14H14ClNO4. The van der Waals surface area contributed by atoms with Crippen LogP contribution in [-0.2, 0) is 14.3 Å². The quantitative estimate of drug-likeness (QED) is 0.669. The molecular weight excluding hydrogens is 282 g/mol. The third kappa shape index (κ3) is 3.57. The van der Waals surface area contributed by atoms with Crippen LogP contribution in [0.3, 0.4) is 0 Å². The van der Waals surface area contributed by atoms with Gasteiger partial charge in [0.1, 0.15) is 5.78 Å². The Bertz CT molecular complexity index is 566. The van der Waals surface area contributed by atoms with Gasteiger partial charge in [0.05, 0.1) is 29.8 Å². The molecule has 106 valence electrons. The first-order chi connectivity index (χ1) is 9.51. The lowest BCUT2D eigenvalue weighted by atomic mass is 10.1. The number of ether oxygens (including phenoxy) is 1. The maximum Gasteiger partial charge on any atom is 0.337 e. The molecule has 2 rings (SSSR count). The molecule has 0 saturated heterocycles. The molecule has 5 nitrogen and oxygen atoms in total. The first kappa shape index (κ1) is 14.5. The smallest absolute Gasteiger partial charge is 0.337 e. The summed E-state index contributed by atoms with van der Waals surface area (Å²) in [4.78, 5) is 34.7. The van der Waals surface area contributed by atoms with Crippen LogP contribution in [0.15, 0.2) is 18.2 Å². The second-order valence-corrected chi connectivity index (χ2v) is 5.06. The minimum Gasteiger partial charge on any atom is -0.465 e. The number of halogens is 1. The van der Waals surface area contributed by atoms with E-state index < -0.39 is 11.9 Å². The number of ketones is 1. The van der Waals surface area contributed by atoms with Crippen LogP contribution in [0, 0.1) is 5.92 Å². The Morgan fingerprint density at radius 2 is 2.05 bits per heavy atom. The van der Waals surface area contributed by atoms with Crippen molar-refractivity contribution in [1.29, 1.82) is 0 Å². The van der Waals surface area contributed by atoms with E-state index >= 15 is 0 Å². The van der Waals surface area contributed by atoms with E-state index in [2.05, 4.69) is 10.1 Å². The highest BCUT2D eigenvalue weighted by Gasteiger charge is 2.30. The van der Waals surface area contributed by atoms with Crippen LogP contribution < -0.4 is 5.32 Å². The fourth-order valence-electron chi connectivity index (χ4n) is 1.77. The van der Waals surface area contributed by atoms with Crippen molar-refractivity contribution >= 4 is 34.9 Å². The number of Topliss-reactive ketones (excluding diaryl/α,β-unsaturated/α-hetero) is 1. The molecule has 0 radical (unpaired) electrons. The molecule has 1 amide bonds. The summed E-state index contributed by atoms with van der Waals surface area (Å²) in [5.41, 5.74) is 0.573. The van der Waals surface area contributed by atoms with Gasteiger partial charge in [0.2, 0.25) is 5.91 Å². The third-order valence-corrected chi connectivity index (χ3v) is 3.36. The number of hydrogen-bond donors (Lipinski definition) is 1. The zero-order valence-electron chi connectivity index (χ0n) is 10.9. The summed E-state index contributed by atoms with van der Waals surface area (Å²) in [5.74, 6) is -0.961. The topological polar surface area (TPSA) is 72.5 Å². The molecule has 0 heterocycles. The van der Waals surface area contributed by atoms with Gasteiger partial charge in [0, 0.05) is 5.92 Å². The molecule has 0 aromatic heterocycles. The molecule has 1 aliphatic rings. The Morgan fingerprint density at radius 3 is 2.65 bits per heavy atom. The summed E-state index contributed by atoms with van der Waals surface area (Å²) in [6.45, 7) is 0. The number of esters is 1. The van der Waals surface area contributed by atoms with Gasteiger partial charge in [-0.2, -0.15) is 0 Å². The standard InChI is InChI=1S/C14H14ClNO4/c1-20-14(19)9-4-5-10(15)11(6-9)16-13(18)7-12(17)8-2-3-8/h4-6,8H,2-3,7H2,1H3,(H,16,18). The van der Waals surface area contributed by atoms with Crippen molar-refractivity contribution in [3.05, 3.63) is 28.8 Å². The van der Waals surface area contributed by atoms with Crippen molar-refractivity contribution in [2.45, 2.75) is 19.3 Å². The van der Waals surface area contributed by atoms with Gasteiger partial charge in [-0.05, 0) is 31.0 Å². The average Bonchev–Trinajstić information content (AvgIpc) is 3.24. The minimum atomic E-state index is -0.522. The molecule has 20 heavy (non-hydrogen) atoms. The predicted molar refractivity (Wildman–Crippen MR) is 73.8 cm³/mol. The van der Waals surface area contributed by atoms with Gasteiger partial charge < -0.3 is 10.1 Å². The van der Waals surface area contributed by atoms with Crippen LogP contribution in [0.5, 0.6) is 0 Å². The average molecular weight is 296 g/mol. The normalized spacial score (nSPS) is 13.7. The summed E-state index contributed by atoms with van der Waals surface area (Å²) in [6, 6.07) is 4.42. The molecule has 1 aromatic rings. The number of carbonyl (C=O) groups excluding carboxylic acids is 3. The van der Waals surface area contributed by atoms with Crippen LogP contribution in [-0.4, -0.2) is 24.8 Å². The van der Waals surface area contributed by atoms with Crippen molar-refractivity contribution in [2.75, 3.05) is 12.4 Å². The van der Waals surface area contributed by atoms with E-state index in [0.717, 1.165) is 12.8 Å². The van der Waals surface area contributed by atoms with Crippen molar-refractivity contribution in [3.8, 4) is 0 Å². The van der Waals surface area contributed by atoms with E-state index in [9.17, 15) is 14.4 Å². The summed E-state index contributed by atoms with van der Waals surface area (Å²) >= 11 is 5.95. The third-order valence-electron chi connectivity index (χ3n) is 3.03. The highest BCUT2D eigenvalue weighted by atomic mass is 35.5. The van der Waals surface area contributed by atoms with Crippen LogP contribution in [0.25, 0.3) is 0 Å². The number of benzene rings is 1. The molecule has 1 fully saturated rings. The first-order valence-corrected chi connectivity index (χ1v) is 6.59. The number of rotatable bonds is 5. The summed E-state index contributed by atoms with van der Waals surface area (Å²) < 4.78 is 4.59. The Kier molecular flexibility index (Phi) is 4.39. The molecule has 0 spiro atoms. The Hall–Kier alpha value is -1.88. The van der Waals surface area contributed by atoms with E-state index in [-0.39, 0.29) is 23.7 Å². The van der Waals surface area contributed by atoms with Crippen LogP contribution in [0.1, 0.15) is 29.6 Å². The van der Waals surface area contributed by atoms with Gasteiger partial charge in [0.25, 0.3) is 0 Å². The van der Waals surface area contributed by atoms with Crippen molar-refractivity contribution in [1.82, 2.24) is 0 Å². The van der Waals surface area contributed by atoms with Crippen LogP contribution in [0.4, 0.5) is 5.69 Å². The highest BCUT2D eigenvalue weighted by molar-refractivity contribution is 6.34.